The Morgan fingerprint density at radius 2 is 0.553 bits per heavy atom. The molecular weight excluding hydrogens is 468 g/mol. The predicted molar refractivity (Wildman–Crippen MR) is 156 cm³/mol. The van der Waals surface area contributed by atoms with Crippen LogP contribution in [0.3, 0.4) is 0 Å². The number of benzene rings is 3. The second-order valence-corrected chi connectivity index (χ2v) is 8.40. The highest BCUT2D eigenvalue weighted by atomic mass is 14.8. The number of pyridine rings is 4. The van der Waals surface area contributed by atoms with Gasteiger partial charge >= 0.3 is 0 Å². The van der Waals surface area contributed by atoms with Crippen molar-refractivity contribution in [2.24, 2.45) is 0 Å². The van der Waals surface area contributed by atoms with Gasteiger partial charge in [-0.25, -0.2) is 0 Å². The predicted octanol–water partition coefficient (Wildman–Crippen LogP) is 7.69. The Morgan fingerprint density at radius 3 is 0.921 bits per heavy atom. The fourth-order valence-corrected chi connectivity index (χ4v) is 4.88. The SMILES string of the molecule is CC.c1ccc2c(c1)c1cccnc1c1ncccc21.c1cnc2c(c1)c1nccnc1c1cccnc12. The number of rotatable bonds is 0. The minimum absolute atomic E-state index is 0.876. The van der Waals surface area contributed by atoms with Crippen LogP contribution < -0.4 is 0 Å². The zero-order valence-corrected chi connectivity index (χ0v) is 21.1. The average Bonchev–Trinajstić information content (AvgIpc) is 3.03. The van der Waals surface area contributed by atoms with Crippen molar-refractivity contribution < 1.29 is 0 Å². The second-order valence-electron chi connectivity index (χ2n) is 8.40. The van der Waals surface area contributed by atoms with Gasteiger partial charge in [-0.05, 0) is 47.2 Å². The molecule has 6 nitrogen and oxygen atoms in total. The first kappa shape index (κ1) is 23.3. The Balaban J connectivity index is 0.000000131. The van der Waals surface area contributed by atoms with E-state index in [2.05, 4.69) is 66.3 Å². The van der Waals surface area contributed by atoms with Gasteiger partial charge in [0.1, 0.15) is 0 Å². The summed E-state index contributed by atoms with van der Waals surface area (Å²) in [7, 11) is 0. The molecule has 0 bridgehead atoms. The average molecular weight is 493 g/mol. The molecule has 0 amide bonds. The summed E-state index contributed by atoms with van der Waals surface area (Å²) in [5.74, 6) is 0. The zero-order valence-electron chi connectivity index (χ0n) is 21.1. The molecule has 0 fully saturated rings. The van der Waals surface area contributed by atoms with Gasteiger partial charge in [-0.15, -0.1) is 0 Å². The molecule has 0 aliphatic carbocycles. The Kier molecular flexibility index (Phi) is 6.20. The van der Waals surface area contributed by atoms with Gasteiger partial charge in [0.05, 0.1) is 33.1 Å². The van der Waals surface area contributed by atoms with Crippen molar-refractivity contribution in [3.8, 4) is 0 Å². The Labute approximate surface area is 219 Å². The van der Waals surface area contributed by atoms with Crippen LogP contribution in [0.25, 0.3) is 65.4 Å². The third-order valence-electron chi connectivity index (χ3n) is 6.40. The summed E-state index contributed by atoms with van der Waals surface area (Å²) in [6.45, 7) is 4.00. The summed E-state index contributed by atoms with van der Waals surface area (Å²) in [6, 6.07) is 24.4. The molecule has 0 aliphatic heterocycles. The third kappa shape index (κ3) is 3.83. The Bertz CT molecular complexity index is 1480. The van der Waals surface area contributed by atoms with Crippen LogP contribution in [-0.2, 0) is 0 Å². The number of hydrogen-bond donors (Lipinski definition) is 0. The molecule has 0 unspecified atom stereocenters. The van der Waals surface area contributed by atoms with E-state index in [1.54, 1.807) is 24.8 Å². The highest BCUT2D eigenvalue weighted by Gasteiger charge is 2.11. The molecule has 3 aromatic carbocycles. The highest BCUT2D eigenvalue weighted by Crippen LogP contribution is 2.32. The molecule has 38 heavy (non-hydrogen) atoms. The van der Waals surface area contributed by atoms with E-state index in [9.17, 15) is 0 Å². The van der Waals surface area contributed by atoms with Crippen LogP contribution in [0.15, 0.2) is 110 Å². The van der Waals surface area contributed by atoms with Crippen molar-refractivity contribution >= 4 is 65.4 Å². The maximum atomic E-state index is 4.50. The molecule has 6 heteroatoms. The van der Waals surface area contributed by atoms with E-state index in [1.807, 2.05) is 62.6 Å². The normalized spacial score (nSPS) is 10.9. The largest absolute Gasteiger partial charge is 0.254 e. The molecule has 182 valence electrons. The molecule has 0 N–H and O–H groups in total. The van der Waals surface area contributed by atoms with Gasteiger partial charge in [0, 0.05) is 58.7 Å². The van der Waals surface area contributed by atoms with Crippen molar-refractivity contribution in [3.05, 3.63) is 110 Å². The Hall–Kier alpha value is -5.10. The van der Waals surface area contributed by atoms with Gasteiger partial charge < -0.3 is 0 Å². The number of fused-ring (bicyclic) bond motifs is 12. The van der Waals surface area contributed by atoms with Gasteiger partial charge in [-0.3, -0.25) is 29.9 Å². The van der Waals surface area contributed by atoms with Crippen LogP contribution in [0.2, 0.25) is 0 Å². The van der Waals surface area contributed by atoms with Gasteiger partial charge in [0.2, 0.25) is 0 Å². The van der Waals surface area contributed by atoms with Crippen LogP contribution in [0, 0.1) is 0 Å². The molecule has 0 radical (unpaired) electrons. The first-order valence-corrected chi connectivity index (χ1v) is 12.6. The van der Waals surface area contributed by atoms with Gasteiger partial charge in [-0.2, -0.15) is 0 Å². The molecule has 8 rings (SSSR count). The maximum absolute atomic E-state index is 4.50. The lowest BCUT2D eigenvalue weighted by Gasteiger charge is -2.07. The van der Waals surface area contributed by atoms with E-state index in [1.165, 1.54) is 21.5 Å². The standard InChI is InChI=1S/C16H10N2.C14H8N4.C2H6/c1-2-6-12-11(5-1)13-7-3-9-17-15(13)16-14(12)8-4-10-18-16;1-3-9-11(15-5-1)12-10(4-2-6-16-12)14-13(9)17-7-8-18-14;1-2/h1-10H;1-8H;1-2H3. The molecule has 0 spiro atoms. The first-order chi connectivity index (χ1) is 18.9. The van der Waals surface area contributed by atoms with Crippen molar-refractivity contribution in [2.45, 2.75) is 13.8 Å². The summed E-state index contributed by atoms with van der Waals surface area (Å²) in [6.07, 6.45) is 10.6. The van der Waals surface area contributed by atoms with Crippen LogP contribution in [0.1, 0.15) is 13.8 Å². The monoisotopic (exact) mass is 492 g/mol. The van der Waals surface area contributed by atoms with E-state index in [0.717, 1.165) is 43.9 Å². The molecule has 0 atom stereocenters. The zero-order chi connectivity index (χ0) is 25.9. The smallest absolute Gasteiger partial charge is 0.0988 e. The van der Waals surface area contributed by atoms with Crippen LogP contribution in [-0.4, -0.2) is 29.9 Å². The maximum Gasteiger partial charge on any atom is 0.0988 e. The fourth-order valence-electron chi connectivity index (χ4n) is 4.88. The summed E-state index contributed by atoms with van der Waals surface area (Å²) < 4.78 is 0. The minimum Gasteiger partial charge on any atom is -0.254 e. The number of nitrogens with zero attached hydrogens (tertiary/aromatic N) is 6. The Morgan fingerprint density at radius 1 is 0.289 bits per heavy atom. The second kappa shape index (κ2) is 10.1. The molecule has 8 aromatic rings. The molecular formula is C32H24N6. The van der Waals surface area contributed by atoms with E-state index in [-0.39, 0.29) is 0 Å². The van der Waals surface area contributed by atoms with Gasteiger partial charge in [0.25, 0.3) is 0 Å². The van der Waals surface area contributed by atoms with Crippen molar-refractivity contribution in [2.75, 3.05) is 0 Å². The lowest BCUT2D eigenvalue weighted by Crippen LogP contribution is -1.91. The lowest BCUT2D eigenvalue weighted by atomic mass is 10.0. The molecule has 0 aliphatic rings. The highest BCUT2D eigenvalue weighted by molar-refractivity contribution is 6.23. The molecule has 5 heterocycles. The first-order valence-electron chi connectivity index (χ1n) is 12.6. The quantitative estimate of drug-likeness (QED) is 0.202. The topological polar surface area (TPSA) is 77.3 Å². The van der Waals surface area contributed by atoms with E-state index >= 15 is 0 Å². The van der Waals surface area contributed by atoms with E-state index in [4.69, 9.17) is 0 Å². The molecule has 0 saturated carbocycles. The summed E-state index contributed by atoms with van der Waals surface area (Å²) in [5.41, 5.74) is 5.46. The number of hydrogen-bond acceptors (Lipinski definition) is 6. The summed E-state index contributed by atoms with van der Waals surface area (Å²) in [5, 5.41) is 6.79. The number of aromatic nitrogens is 6. The molecule has 0 saturated heterocycles. The third-order valence-corrected chi connectivity index (χ3v) is 6.40. The minimum atomic E-state index is 0.876. The van der Waals surface area contributed by atoms with Crippen LogP contribution in [0.5, 0.6) is 0 Å². The summed E-state index contributed by atoms with van der Waals surface area (Å²) in [4.78, 5) is 26.7. The summed E-state index contributed by atoms with van der Waals surface area (Å²) >= 11 is 0. The van der Waals surface area contributed by atoms with Gasteiger partial charge in [-0.1, -0.05) is 50.2 Å². The van der Waals surface area contributed by atoms with Crippen LogP contribution >= 0.6 is 0 Å². The van der Waals surface area contributed by atoms with E-state index < -0.39 is 0 Å². The van der Waals surface area contributed by atoms with Crippen molar-refractivity contribution in [3.63, 3.8) is 0 Å². The lowest BCUT2D eigenvalue weighted by molar-refractivity contribution is 1.30. The van der Waals surface area contributed by atoms with E-state index in [0.29, 0.717) is 0 Å². The fraction of sp³-hybridized carbons (Fsp3) is 0.0625. The van der Waals surface area contributed by atoms with Gasteiger partial charge in [0.15, 0.2) is 0 Å². The van der Waals surface area contributed by atoms with Crippen molar-refractivity contribution in [1.82, 2.24) is 29.9 Å². The molecule has 5 aromatic heterocycles. The van der Waals surface area contributed by atoms with Crippen LogP contribution in [0.4, 0.5) is 0 Å². The van der Waals surface area contributed by atoms with Crippen molar-refractivity contribution in [1.29, 1.82) is 0 Å².